The molecule has 0 aliphatic carbocycles. The molecule has 0 radical (unpaired) electrons. The van der Waals surface area contributed by atoms with Gasteiger partial charge in [0.2, 0.25) is 0 Å². The highest BCUT2D eigenvalue weighted by Crippen LogP contribution is 2.23. The number of aromatic nitrogens is 4. The largest absolute Gasteiger partial charge is 0.336 e. The lowest BCUT2D eigenvalue weighted by molar-refractivity contribution is 0.583. The van der Waals surface area contributed by atoms with E-state index in [1.165, 1.54) is 0 Å². The molecule has 6 heteroatoms. The van der Waals surface area contributed by atoms with Crippen molar-refractivity contribution >= 4 is 5.52 Å². The SMILES string of the molecule is Cn1ccnc1C(NN)c1cnn2ccccc12. The van der Waals surface area contributed by atoms with Crippen molar-refractivity contribution in [3.8, 4) is 0 Å². The van der Waals surface area contributed by atoms with E-state index in [4.69, 9.17) is 5.84 Å². The minimum Gasteiger partial charge on any atom is -0.336 e. The first-order valence-electron chi connectivity index (χ1n) is 5.67. The fourth-order valence-electron chi connectivity index (χ4n) is 2.14. The maximum Gasteiger partial charge on any atom is 0.131 e. The summed E-state index contributed by atoms with van der Waals surface area (Å²) in [4.78, 5) is 4.33. The molecule has 3 rings (SSSR count). The molecule has 92 valence electrons. The smallest absolute Gasteiger partial charge is 0.131 e. The molecule has 0 saturated carbocycles. The van der Waals surface area contributed by atoms with Gasteiger partial charge in [-0.25, -0.2) is 14.9 Å². The third kappa shape index (κ3) is 1.59. The van der Waals surface area contributed by atoms with Crippen LogP contribution in [0.3, 0.4) is 0 Å². The lowest BCUT2D eigenvalue weighted by Crippen LogP contribution is -2.30. The third-order valence-electron chi connectivity index (χ3n) is 3.05. The molecule has 1 atom stereocenters. The quantitative estimate of drug-likeness (QED) is 0.521. The van der Waals surface area contributed by atoms with Gasteiger partial charge in [-0.3, -0.25) is 5.84 Å². The van der Waals surface area contributed by atoms with E-state index in [2.05, 4.69) is 15.5 Å². The Balaban J connectivity index is 2.15. The Kier molecular flexibility index (Phi) is 2.58. The first-order chi connectivity index (χ1) is 8.81. The molecule has 0 fully saturated rings. The summed E-state index contributed by atoms with van der Waals surface area (Å²) >= 11 is 0. The minimum atomic E-state index is -0.176. The van der Waals surface area contributed by atoms with Gasteiger partial charge in [0.05, 0.1) is 11.7 Å². The van der Waals surface area contributed by atoms with Gasteiger partial charge in [0.25, 0.3) is 0 Å². The molecule has 3 heterocycles. The molecule has 18 heavy (non-hydrogen) atoms. The number of hydrazine groups is 1. The van der Waals surface area contributed by atoms with E-state index in [0.29, 0.717) is 0 Å². The number of nitrogens with one attached hydrogen (secondary N) is 1. The van der Waals surface area contributed by atoms with Crippen LogP contribution in [-0.4, -0.2) is 19.2 Å². The Bertz CT molecular complexity index is 668. The summed E-state index contributed by atoms with van der Waals surface area (Å²) in [7, 11) is 1.94. The van der Waals surface area contributed by atoms with Crippen LogP contribution < -0.4 is 11.3 Å². The van der Waals surface area contributed by atoms with Crippen molar-refractivity contribution in [1.82, 2.24) is 24.6 Å². The number of pyridine rings is 1. The summed E-state index contributed by atoms with van der Waals surface area (Å²) in [6.45, 7) is 0. The number of hydrogen-bond donors (Lipinski definition) is 2. The van der Waals surface area contributed by atoms with Crippen LogP contribution in [0.4, 0.5) is 0 Å². The normalized spacial score (nSPS) is 13.0. The highest BCUT2D eigenvalue weighted by atomic mass is 15.3. The van der Waals surface area contributed by atoms with Gasteiger partial charge in [0.15, 0.2) is 0 Å². The lowest BCUT2D eigenvalue weighted by atomic mass is 10.1. The molecule has 0 spiro atoms. The van der Waals surface area contributed by atoms with Crippen LogP contribution in [0.15, 0.2) is 43.0 Å². The topological polar surface area (TPSA) is 73.2 Å². The van der Waals surface area contributed by atoms with Gasteiger partial charge in [0.1, 0.15) is 11.9 Å². The van der Waals surface area contributed by atoms with E-state index in [-0.39, 0.29) is 6.04 Å². The van der Waals surface area contributed by atoms with Crippen LogP contribution in [0.1, 0.15) is 17.4 Å². The van der Waals surface area contributed by atoms with E-state index in [1.54, 1.807) is 6.20 Å². The molecule has 3 aromatic heterocycles. The van der Waals surface area contributed by atoms with Gasteiger partial charge >= 0.3 is 0 Å². The Morgan fingerprint density at radius 1 is 1.33 bits per heavy atom. The summed E-state index contributed by atoms with van der Waals surface area (Å²) < 4.78 is 3.76. The molecule has 0 saturated heterocycles. The molecule has 0 amide bonds. The summed E-state index contributed by atoms with van der Waals surface area (Å²) in [5, 5.41) is 4.31. The van der Waals surface area contributed by atoms with Gasteiger partial charge in [-0.15, -0.1) is 0 Å². The zero-order valence-corrected chi connectivity index (χ0v) is 9.99. The zero-order chi connectivity index (χ0) is 12.5. The Morgan fingerprint density at radius 2 is 2.22 bits per heavy atom. The van der Waals surface area contributed by atoms with Crippen LogP contribution in [0.25, 0.3) is 5.52 Å². The highest BCUT2D eigenvalue weighted by molar-refractivity contribution is 5.56. The minimum absolute atomic E-state index is 0.176. The predicted molar refractivity (Wildman–Crippen MR) is 67.6 cm³/mol. The number of rotatable bonds is 3. The first-order valence-corrected chi connectivity index (χ1v) is 5.67. The summed E-state index contributed by atoms with van der Waals surface area (Å²) in [5.74, 6) is 6.53. The monoisotopic (exact) mass is 242 g/mol. The summed E-state index contributed by atoms with van der Waals surface area (Å²) in [6.07, 6.45) is 7.37. The van der Waals surface area contributed by atoms with E-state index >= 15 is 0 Å². The number of fused-ring (bicyclic) bond motifs is 1. The van der Waals surface area contributed by atoms with Crippen molar-refractivity contribution in [2.24, 2.45) is 12.9 Å². The second kappa shape index (κ2) is 4.25. The fourth-order valence-corrected chi connectivity index (χ4v) is 2.14. The Morgan fingerprint density at radius 3 is 2.94 bits per heavy atom. The summed E-state index contributed by atoms with van der Waals surface area (Å²) in [5.41, 5.74) is 4.83. The van der Waals surface area contributed by atoms with Crippen LogP contribution in [0, 0.1) is 0 Å². The van der Waals surface area contributed by atoms with Gasteiger partial charge < -0.3 is 4.57 Å². The number of nitrogens with zero attached hydrogens (tertiary/aromatic N) is 4. The van der Waals surface area contributed by atoms with Crippen molar-refractivity contribution in [3.63, 3.8) is 0 Å². The first kappa shape index (κ1) is 10.9. The maximum atomic E-state index is 5.67. The molecule has 0 aromatic carbocycles. The van der Waals surface area contributed by atoms with Crippen molar-refractivity contribution in [2.75, 3.05) is 0 Å². The molecular formula is C12H14N6. The lowest BCUT2D eigenvalue weighted by Gasteiger charge is -2.14. The van der Waals surface area contributed by atoms with E-state index in [1.807, 2.05) is 52.9 Å². The maximum absolute atomic E-state index is 5.67. The predicted octanol–water partition coefficient (Wildman–Crippen LogP) is 0.620. The molecule has 3 aromatic rings. The molecule has 6 nitrogen and oxygen atoms in total. The average molecular weight is 242 g/mol. The highest BCUT2D eigenvalue weighted by Gasteiger charge is 2.20. The van der Waals surface area contributed by atoms with E-state index in [0.717, 1.165) is 16.9 Å². The van der Waals surface area contributed by atoms with Crippen molar-refractivity contribution in [3.05, 3.63) is 54.4 Å². The Hall–Kier alpha value is -2.18. The standard InChI is InChI=1S/C12H14N6/c1-17-7-5-14-12(17)11(16-13)9-8-15-18-6-3-2-4-10(9)18/h2-8,11,16H,13H2,1H3. The second-order valence-corrected chi connectivity index (χ2v) is 4.13. The van der Waals surface area contributed by atoms with Gasteiger partial charge in [-0.05, 0) is 12.1 Å². The molecule has 1 unspecified atom stereocenters. The van der Waals surface area contributed by atoms with Gasteiger partial charge in [-0.2, -0.15) is 5.10 Å². The van der Waals surface area contributed by atoms with Crippen LogP contribution >= 0.6 is 0 Å². The molecule has 0 aliphatic heterocycles. The molecule has 0 bridgehead atoms. The van der Waals surface area contributed by atoms with Crippen molar-refractivity contribution in [2.45, 2.75) is 6.04 Å². The van der Waals surface area contributed by atoms with Gasteiger partial charge in [0, 0.05) is 31.2 Å². The number of hydrogen-bond acceptors (Lipinski definition) is 4. The summed E-state index contributed by atoms with van der Waals surface area (Å²) in [6, 6.07) is 5.75. The van der Waals surface area contributed by atoms with Crippen LogP contribution in [0.5, 0.6) is 0 Å². The van der Waals surface area contributed by atoms with Gasteiger partial charge in [-0.1, -0.05) is 6.07 Å². The number of aryl methyl sites for hydroxylation is 1. The van der Waals surface area contributed by atoms with Crippen LogP contribution in [-0.2, 0) is 7.05 Å². The van der Waals surface area contributed by atoms with Crippen molar-refractivity contribution in [1.29, 1.82) is 0 Å². The number of imidazole rings is 1. The van der Waals surface area contributed by atoms with E-state index in [9.17, 15) is 0 Å². The molecule has 0 aliphatic rings. The average Bonchev–Trinajstić information content (AvgIpc) is 2.99. The second-order valence-electron chi connectivity index (χ2n) is 4.13. The van der Waals surface area contributed by atoms with E-state index < -0.39 is 0 Å². The molecular weight excluding hydrogens is 228 g/mol. The zero-order valence-electron chi connectivity index (χ0n) is 9.99. The van der Waals surface area contributed by atoms with Crippen molar-refractivity contribution < 1.29 is 0 Å². The Labute approximate surface area is 104 Å². The fraction of sp³-hybridized carbons (Fsp3) is 0.167. The molecule has 3 N–H and O–H groups in total. The van der Waals surface area contributed by atoms with Crippen LogP contribution in [0.2, 0.25) is 0 Å². The third-order valence-corrected chi connectivity index (χ3v) is 3.05. The number of nitrogens with two attached hydrogens (primary N) is 1.